The molecule has 4 heteroatoms. The number of epoxide rings is 1. The first-order valence-corrected chi connectivity index (χ1v) is 5.42. The van der Waals surface area contributed by atoms with Crippen LogP contribution >= 0.6 is 11.3 Å². The monoisotopic (exact) mass is 212 g/mol. The summed E-state index contributed by atoms with van der Waals surface area (Å²) in [6.45, 7) is 3.68. The zero-order chi connectivity index (χ0) is 10.4. The van der Waals surface area contributed by atoms with Crippen molar-refractivity contribution in [3.63, 3.8) is 0 Å². The summed E-state index contributed by atoms with van der Waals surface area (Å²) in [5.41, 5.74) is -1.63. The van der Waals surface area contributed by atoms with E-state index in [4.69, 9.17) is 9.84 Å². The standard InChI is InChI=1S/C10H12O3S/c1-3-10(8(11)12)9(2,13-10)7-5-4-6-14-7/h4-6H,3H2,1-2H3,(H,11,12)/t9-,10+/m1/s1. The maximum Gasteiger partial charge on any atom is 0.339 e. The average molecular weight is 212 g/mol. The molecule has 1 aromatic heterocycles. The molecule has 1 saturated heterocycles. The van der Waals surface area contributed by atoms with Crippen LogP contribution < -0.4 is 0 Å². The molecule has 0 bridgehead atoms. The third-order valence-electron chi connectivity index (χ3n) is 2.94. The van der Waals surface area contributed by atoms with Crippen molar-refractivity contribution in [3.05, 3.63) is 22.4 Å². The number of carbonyl (C=O) groups is 1. The lowest BCUT2D eigenvalue weighted by atomic mass is 9.90. The molecule has 0 spiro atoms. The number of hydrogen-bond donors (Lipinski definition) is 1. The van der Waals surface area contributed by atoms with Crippen molar-refractivity contribution in [2.24, 2.45) is 0 Å². The van der Waals surface area contributed by atoms with Crippen LogP contribution in [0.15, 0.2) is 17.5 Å². The SMILES string of the molecule is CC[C@@]1(C(=O)O)O[C@]1(C)c1cccs1. The zero-order valence-corrected chi connectivity index (χ0v) is 8.93. The van der Waals surface area contributed by atoms with Gasteiger partial charge in [-0.25, -0.2) is 4.79 Å². The molecular weight excluding hydrogens is 200 g/mol. The molecule has 1 N–H and O–H groups in total. The predicted octanol–water partition coefficient (Wildman–Crippen LogP) is 2.23. The van der Waals surface area contributed by atoms with Crippen LogP contribution in [0.5, 0.6) is 0 Å². The normalized spacial score (nSPS) is 35.6. The van der Waals surface area contributed by atoms with Crippen molar-refractivity contribution in [1.29, 1.82) is 0 Å². The van der Waals surface area contributed by atoms with Crippen molar-refractivity contribution in [1.82, 2.24) is 0 Å². The van der Waals surface area contributed by atoms with E-state index in [1.165, 1.54) is 11.3 Å². The summed E-state index contributed by atoms with van der Waals surface area (Å²) in [4.78, 5) is 12.1. The van der Waals surface area contributed by atoms with Gasteiger partial charge in [0.15, 0.2) is 5.60 Å². The molecule has 0 aliphatic carbocycles. The van der Waals surface area contributed by atoms with E-state index in [9.17, 15) is 4.79 Å². The highest BCUT2D eigenvalue weighted by Crippen LogP contribution is 2.58. The zero-order valence-electron chi connectivity index (χ0n) is 8.11. The highest BCUT2D eigenvalue weighted by atomic mass is 32.1. The molecule has 14 heavy (non-hydrogen) atoms. The van der Waals surface area contributed by atoms with E-state index >= 15 is 0 Å². The molecule has 1 aromatic rings. The Hall–Kier alpha value is -0.870. The molecule has 0 aromatic carbocycles. The van der Waals surface area contributed by atoms with Gasteiger partial charge in [0.2, 0.25) is 0 Å². The van der Waals surface area contributed by atoms with Gasteiger partial charge in [0.1, 0.15) is 5.60 Å². The molecule has 1 fully saturated rings. The number of thiophene rings is 1. The van der Waals surface area contributed by atoms with E-state index in [0.717, 1.165) is 4.88 Å². The van der Waals surface area contributed by atoms with E-state index in [0.29, 0.717) is 6.42 Å². The number of rotatable bonds is 3. The Kier molecular flexibility index (Phi) is 1.94. The molecular formula is C10H12O3S. The van der Waals surface area contributed by atoms with Crippen LogP contribution in [0.1, 0.15) is 25.1 Å². The summed E-state index contributed by atoms with van der Waals surface area (Å²) in [7, 11) is 0. The molecule has 0 amide bonds. The Morgan fingerprint density at radius 1 is 1.71 bits per heavy atom. The van der Waals surface area contributed by atoms with Crippen LogP contribution in [-0.4, -0.2) is 16.7 Å². The lowest BCUT2D eigenvalue weighted by Gasteiger charge is -2.08. The van der Waals surface area contributed by atoms with Crippen LogP contribution in [-0.2, 0) is 15.1 Å². The fourth-order valence-electron chi connectivity index (χ4n) is 1.93. The molecule has 1 aliphatic rings. The summed E-state index contributed by atoms with van der Waals surface area (Å²) in [5, 5.41) is 11.1. The molecule has 2 rings (SSSR count). The van der Waals surface area contributed by atoms with E-state index in [2.05, 4.69) is 0 Å². The minimum atomic E-state index is -1.00. The van der Waals surface area contributed by atoms with Crippen molar-refractivity contribution >= 4 is 17.3 Å². The van der Waals surface area contributed by atoms with Crippen LogP contribution in [0.3, 0.4) is 0 Å². The summed E-state index contributed by atoms with van der Waals surface area (Å²) in [6.07, 6.45) is 0.497. The first-order valence-electron chi connectivity index (χ1n) is 4.54. The third-order valence-corrected chi connectivity index (χ3v) is 4.01. The molecule has 3 nitrogen and oxygen atoms in total. The number of hydrogen-bond acceptors (Lipinski definition) is 3. The minimum Gasteiger partial charge on any atom is -0.479 e. The first-order chi connectivity index (χ1) is 6.57. The van der Waals surface area contributed by atoms with Crippen molar-refractivity contribution in [3.8, 4) is 0 Å². The number of carboxylic acid groups (broad SMARTS) is 1. The topological polar surface area (TPSA) is 49.8 Å². The number of carboxylic acids is 1. The lowest BCUT2D eigenvalue weighted by molar-refractivity contribution is -0.143. The quantitative estimate of drug-likeness (QED) is 0.781. The minimum absolute atomic E-state index is 0.497. The van der Waals surface area contributed by atoms with Gasteiger partial charge in [0.05, 0.1) is 0 Å². The average Bonchev–Trinajstić information content (AvgIpc) is 2.59. The predicted molar refractivity (Wildman–Crippen MR) is 53.4 cm³/mol. The molecule has 0 saturated carbocycles. The van der Waals surface area contributed by atoms with Crippen molar-refractivity contribution in [2.45, 2.75) is 31.5 Å². The smallest absolute Gasteiger partial charge is 0.339 e. The van der Waals surface area contributed by atoms with Gasteiger partial charge in [0.25, 0.3) is 0 Å². The van der Waals surface area contributed by atoms with Crippen LogP contribution in [0, 0.1) is 0 Å². The van der Waals surface area contributed by atoms with Crippen LogP contribution in [0.2, 0.25) is 0 Å². The lowest BCUT2D eigenvalue weighted by Crippen LogP contribution is -2.30. The molecule has 76 valence electrons. The molecule has 2 atom stereocenters. The van der Waals surface area contributed by atoms with Crippen LogP contribution in [0.25, 0.3) is 0 Å². The Labute approximate surface area is 86.3 Å². The highest BCUT2D eigenvalue weighted by Gasteiger charge is 2.72. The highest BCUT2D eigenvalue weighted by molar-refractivity contribution is 7.10. The number of ether oxygens (including phenoxy) is 1. The van der Waals surface area contributed by atoms with E-state index in [-0.39, 0.29) is 0 Å². The maximum absolute atomic E-state index is 11.1. The Morgan fingerprint density at radius 3 is 2.79 bits per heavy atom. The van der Waals surface area contributed by atoms with Gasteiger partial charge >= 0.3 is 5.97 Å². The van der Waals surface area contributed by atoms with Gasteiger partial charge in [-0.05, 0) is 24.8 Å². The molecule has 0 unspecified atom stereocenters. The van der Waals surface area contributed by atoms with E-state index < -0.39 is 17.2 Å². The fourth-order valence-corrected chi connectivity index (χ4v) is 2.82. The second kappa shape index (κ2) is 2.81. The second-order valence-electron chi connectivity index (χ2n) is 3.60. The number of aliphatic carboxylic acids is 1. The summed E-state index contributed by atoms with van der Waals surface area (Å²) in [5.74, 6) is -0.865. The summed E-state index contributed by atoms with van der Waals surface area (Å²) >= 11 is 1.54. The molecule has 1 aliphatic heterocycles. The summed E-state index contributed by atoms with van der Waals surface area (Å²) in [6, 6.07) is 3.83. The molecule has 0 radical (unpaired) electrons. The largest absolute Gasteiger partial charge is 0.479 e. The van der Waals surface area contributed by atoms with Crippen LogP contribution in [0.4, 0.5) is 0 Å². The van der Waals surface area contributed by atoms with E-state index in [1.54, 1.807) is 0 Å². The van der Waals surface area contributed by atoms with Gasteiger partial charge in [-0.1, -0.05) is 13.0 Å². The van der Waals surface area contributed by atoms with Gasteiger partial charge in [-0.3, -0.25) is 0 Å². The van der Waals surface area contributed by atoms with Gasteiger partial charge in [-0.15, -0.1) is 11.3 Å². The second-order valence-corrected chi connectivity index (χ2v) is 4.55. The molecule has 2 heterocycles. The Balaban J connectivity index is 2.35. The summed E-state index contributed by atoms with van der Waals surface area (Å²) < 4.78 is 5.46. The fraction of sp³-hybridized carbons (Fsp3) is 0.500. The Bertz CT molecular complexity index is 359. The Morgan fingerprint density at radius 2 is 2.43 bits per heavy atom. The van der Waals surface area contributed by atoms with E-state index in [1.807, 2.05) is 31.4 Å². The van der Waals surface area contributed by atoms with Crippen molar-refractivity contribution < 1.29 is 14.6 Å². The van der Waals surface area contributed by atoms with Crippen molar-refractivity contribution in [2.75, 3.05) is 0 Å². The maximum atomic E-state index is 11.1. The first kappa shape index (κ1) is 9.68. The van der Waals surface area contributed by atoms with Gasteiger partial charge in [0, 0.05) is 4.88 Å². The third kappa shape index (κ3) is 0.980. The van der Waals surface area contributed by atoms with Gasteiger partial charge < -0.3 is 9.84 Å². The van der Waals surface area contributed by atoms with Gasteiger partial charge in [-0.2, -0.15) is 0 Å².